The van der Waals surface area contributed by atoms with Gasteiger partial charge in [-0.05, 0) is 11.6 Å². The summed E-state index contributed by atoms with van der Waals surface area (Å²) < 4.78 is 22.8. The van der Waals surface area contributed by atoms with E-state index in [4.69, 9.17) is 5.73 Å². The van der Waals surface area contributed by atoms with Gasteiger partial charge >= 0.3 is 0 Å². The normalized spacial score (nSPS) is 11.4. The summed E-state index contributed by atoms with van der Waals surface area (Å²) in [5.74, 6) is -0.289. The van der Waals surface area contributed by atoms with Crippen LogP contribution in [0, 0.1) is 0 Å². The van der Waals surface area contributed by atoms with E-state index in [0.29, 0.717) is 21.8 Å². The predicted molar refractivity (Wildman–Crippen MR) is 103 cm³/mol. The van der Waals surface area contributed by atoms with Gasteiger partial charge in [0.1, 0.15) is 10.0 Å². The number of carbonyl (C=O) groups excluding carboxylic acids is 1. The van der Waals surface area contributed by atoms with E-state index in [2.05, 4.69) is 10.2 Å². The summed E-state index contributed by atoms with van der Waals surface area (Å²) in [6, 6.07) is 14.3. The number of hydrogen-bond acceptors (Lipinski definition) is 7. The molecule has 1 heterocycles. The highest BCUT2D eigenvalue weighted by molar-refractivity contribution is 7.89. The lowest BCUT2D eigenvalue weighted by Gasteiger charge is -2.06. The Labute approximate surface area is 155 Å². The number of Topliss-reactive ketones (excluding diaryl/α,β-unsaturated/α-hetero) is 1. The Morgan fingerprint density at radius 1 is 1.12 bits per heavy atom. The molecule has 2 aromatic carbocycles. The molecular weight excluding hydrogens is 370 g/mol. The van der Waals surface area contributed by atoms with Crippen molar-refractivity contribution in [1.29, 1.82) is 0 Å². The number of nitrogen functional groups attached to an aromatic ring is 1. The fourth-order valence-corrected chi connectivity index (χ4v) is 4.12. The third-order valence-electron chi connectivity index (χ3n) is 3.68. The van der Waals surface area contributed by atoms with Crippen molar-refractivity contribution < 1.29 is 13.2 Å². The second-order valence-corrected chi connectivity index (χ2v) is 9.15. The zero-order valence-electron chi connectivity index (χ0n) is 14.0. The lowest BCUT2D eigenvalue weighted by atomic mass is 10.1. The average Bonchev–Trinajstić information content (AvgIpc) is 3.05. The first kappa shape index (κ1) is 18.2. The molecule has 2 N–H and O–H groups in total. The van der Waals surface area contributed by atoms with Gasteiger partial charge in [-0.15, -0.1) is 10.2 Å². The molecule has 3 aromatic rings. The third kappa shape index (κ3) is 4.53. The molecular formula is C18H17N3O3S2. The molecule has 0 spiro atoms. The van der Waals surface area contributed by atoms with E-state index in [9.17, 15) is 13.2 Å². The third-order valence-corrected chi connectivity index (χ3v) is 5.49. The second-order valence-electron chi connectivity index (χ2n) is 5.95. The summed E-state index contributed by atoms with van der Waals surface area (Å²) in [5, 5.41) is 9.59. The Morgan fingerprint density at radius 3 is 2.50 bits per heavy atom. The molecule has 0 aliphatic carbocycles. The molecule has 3 rings (SSSR count). The number of carbonyl (C=O) groups is 1. The Hall–Kier alpha value is -2.58. The van der Waals surface area contributed by atoms with Crippen molar-refractivity contribution in [3.63, 3.8) is 0 Å². The Morgan fingerprint density at radius 2 is 1.85 bits per heavy atom. The van der Waals surface area contributed by atoms with Crippen LogP contribution in [0.15, 0.2) is 48.5 Å². The smallest absolute Gasteiger partial charge is 0.169 e. The predicted octanol–water partition coefficient (Wildman–Crippen LogP) is 2.76. The van der Waals surface area contributed by atoms with Gasteiger partial charge in [0, 0.05) is 23.1 Å². The Bertz CT molecular complexity index is 1040. The molecule has 1 aromatic heterocycles. The summed E-state index contributed by atoms with van der Waals surface area (Å²) in [4.78, 5) is 12.5. The summed E-state index contributed by atoms with van der Waals surface area (Å²) in [6.45, 7) is 0. The average molecular weight is 387 g/mol. The highest BCUT2D eigenvalue weighted by atomic mass is 32.2. The van der Waals surface area contributed by atoms with Gasteiger partial charge < -0.3 is 5.73 Å². The van der Waals surface area contributed by atoms with Crippen LogP contribution in [0.25, 0.3) is 10.6 Å². The van der Waals surface area contributed by atoms with Gasteiger partial charge in [-0.3, -0.25) is 4.79 Å². The maximum atomic E-state index is 12.5. The van der Waals surface area contributed by atoms with Crippen LogP contribution in [0.2, 0.25) is 0 Å². The highest BCUT2D eigenvalue weighted by Crippen LogP contribution is 2.24. The van der Waals surface area contributed by atoms with Gasteiger partial charge in [-0.25, -0.2) is 8.42 Å². The summed E-state index contributed by atoms with van der Waals surface area (Å²) in [6.07, 6.45) is 1.26. The molecule has 0 aliphatic heterocycles. The number of nitrogens with zero attached hydrogens (tertiary/aromatic N) is 2. The summed E-state index contributed by atoms with van der Waals surface area (Å²) in [7, 11) is -3.19. The van der Waals surface area contributed by atoms with Crippen molar-refractivity contribution in [3.8, 4) is 10.6 Å². The number of aromatic nitrogens is 2. The Kier molecular flexibility index (Phi) is 5.15. The molecule has 0 unspecified atom stereocenters. The number of anilines is 1. The van der Waals surface area contributed by atoms with Crippen LogP contribution in [0.1, 0.15) is 20.9 Å². The van der Waals surface area contributed by atoms with E-state index < -0.39 is 9.84 Å². The van der Waals surface area contributed by atoms with Gasteiger partial charge in [-0.2, -0.15) is 0 Å². The summed E-state index contributed by atoms with van der Waals surface area (Å²) in [5.41, 5.74) is 8.07. The monoisotopic (exact) mass is 387 g/mol. The van der Waals surface area contributed by atoms with Gasteiger partial charge in [0.2, 0.25) is 0 Å². The minimum Gasteiger partial charge on any atom is -0.398 e. The maximum Gasteiger partial charge on any atom is 0.169 e. The van der Waals surface area contributed by atoms with E-state index in [1.807, 2.05) is 30.3 Å². The van der Waals surface area contributed by atoms with Crippen molar-refractivity contribution in [2.24, 2.45) is 0 Å². The number of benzene rings is 2. The van der Waals surface area contributed by atoms with Crippen LogP contribution in [-0.2, 0) is 22.0 Å². The van der Waals surface area contributed by atoms with Crippen LogP contribution in [0.3, 0.4) is 0 Å². The number of nitrogens with two attached hydrogens (primary N) is 1. The van der Waals surface area contributed by atoms with E-state index in [0.717, 1.165) is 16.8 Å². The lowest BCUT2D eigenvalue weighted by Crippen LogP contribution is -2.08. The van der Waals surface area contributed by atoms with E-state index in [-0.39, 0.29) is 18.0 Å². The highest BCUT2D eigenvalue weighted by Gasteiger charge is 2.15. The van der Waals surface area contributed by atoms with Crippen LogP contribution in [0.5, 0.6) is 0 Å². The lowest BCUT2D eigenvalue weighted by molar-refractivity contribution is 0.0992. The topological polar surface area (TPSA) is 103 Å². The van der Waals surface area contributed by atoms with E-state index in [1.165, 1.54) is 17.4 Å². The number of hydrogen-bond donors (Lipinski definition) is 1. The maximum absolute atomic E-state index is 12.5. The molecule has 0 aliphatic rings. The second kappa shape index (κ2) is 7.35. The quantitative estimate of drug-likeness (QED) is 0.515. The molecule has 26 heavy (non-hydrogen) atoms. The van der Waals surface area contributed by atoms with Crippen LogP contribution in [-0.4, -0.2) is 30.7 Å². The van der Waals surface area contributed by atoms with Gasteiger partial charge in [0.05, 0.1) is 12.2 Å². The molecule has 0 saturated carbocycles. The SMILES string of the molecule is CS(=O)(=O)Cc1ccc(C(=O)Cc2nnc(-c3ccccc3)s2)cc1N. The van der Waals surface area contributed by atoms with Gasteiger partial charge in [0.15, 0.2) is 15.6 Å². The van der Waals surface area contributed by atoms with Crippen LogP contribution >= 0.6 is 11.3 Å². The van der Waals surface area contributed by atoms with Gasteiger partial charge in [-0.1, -0.05) is 53.8 Å². The minimum atomic E-state index is -3.19. The number of sulfone groups is 1. The van der Waals surface area contributed by atoms with Crippen LogP contribution in [0.4, 0.5) is 5.69 Å². The molecule has 0 bridgehead atoms. The molecule has 0 atom stereocenters. The molecule has 0 fully saturated rings. The largest absolute Gasteiger partial charge is 0.398 e. The molecule has 0 saturated heterocycles. The standard InChI is InChI=1S/C18H17N3O3S2/c1-26(23,24)11-14-8-7-13(9-15(14)19)16(22)10-17-20-21-18(25-17)12-5-3-2-4-6-12/h2-9H,10-11,19H2,1H3. The molecule has 6 nitrogen and oxygen atoms in total. The molecule has 0 amide bonds. The summed E-state index contributed by atoms with van der Waals surface area (Å²) >= 11 is 1.37. The zero-order valence-corrected chi connectivity index (χ0v) is 15.7. The molecule has 8 heteroatoms. The fraction of sp³-hybridized carbons (Fsp3) is 0.167. The number of rotatable bonds is 6. The van der Waals surface area contributed by atoms with E-state index in [1.54, 1.807) is 12.1 Å². The zero-order chi connectivity index (χ0) is 18.7. The van der Waals surface area contributed by atoms with Crippen LogP contribution < -0.4 is 5.73 Å². The van der Waals surface area contributed by atoms with Crippen molar-refractivity contribution in [1.82, 2.24) is 10.2 Å². The minimum absolute atomic E-state index is 0.120. The number of ketones is 1. The molecule has 0 radical (unpaired) electrons. The first-order valence-electron chi connectivity index (χ1n) is 7.79. The first-order valence-corrected chi connectivity index (χ1v) is 10.7. The molecule has 134 valence electrons. The van der Waals surface area contributed by atoms with Crippen molar-refractivity contribution in [2.45, 2.75) is 12.2 Å². The van der Waals surface area contributed by atoms with Crippen molar-refractivity contribution in [3.05, 3.63) is 64.7 Å². The first-order chi connectivity index (χ1) is 12.3. The van der Waals surface area contributed by atoms with Crippen molar-refractivity contribution in [2.75, 3.05) is 12.0 Å². The Balaban J connectivity index is 1.74. The van der Waals surface area contributed by atoms with Crippen molar-refractivity contribution >= 4 is 32.6 Å². The van der Waals surface area contributed by atoms with E-state index >= 15 is 0 Å². The fourth-order valence-electron chi connectivity index (χ4n) is 2.44. The van der Waals surface area contributed by atoms with Gasteiger partial charge in [0.25, 0.3) is 0 Å².